The Hall–Kier alpha value is -1.39. The van der Waals surface area contributed by atoms with Crippen molar-refractivity contribution in [1.82, 2.24) is 10.2 Å². The summed E-state index contributed by atoms with van der Waals surface area (Å²) in [6.07, 6.45) is 0. The van der Waals surface area contributed by atoms with Crippen LogP contribution in [0.3, 0.4) is 0 Å². The molecule has 1 aromatic carbocycles. The van der Waals surface area contributed by atoms with Gasteiger partial charge in [0.05, 0.1) is 6.54 Å². The molecule has 1 aliphatic heterocycles. The molecule has 1 aromatic heterocycles. The van der Waals surface area contributed by atoms with Gasteiger partial charge in [-0.3, -0.25) is 4.90 Å². The first-order chi connectivity index (χ1) is 8.70. The molecule has 0 radical (unpaired) electrons. The van der Waals surface area contributed by atoms with Gasteiger partial charge in [-0.05, 0) is 31.2 Å². The van der Waals surface area contributed by atoms with Crippen molar-refractivity contribution in [2.24, 2.45) is 0 Å². The van der Waals surface area contributed by atoms with E-state index in [0.29, 0.717) is 6.04 Å². The Morgan fingerprint density at radius 2 is 2.33 bits per heavy atom. The maximum Gasteiger partial charge on any atom is 0.134 e. The highest BCUT2D eigenvalue weighted by atomic mass is 19.1. The van der Waals surface area contributed by atoms with Crippen LogP contribution < -0.4 is 5.32 Å². The summed E-state index contributed by atoms with van der Waals surface area (Å²) in [7, 11) is 0. The van der Waals surface area contributed by atoms with Crippen molar-refractivity contribution >= 4 is 11.0 Å². The van der Waals surface area contributed by atoms with Crippen LogP contribution in [0.5, 0.6) is 0 Å². The zero-order valence-electron chi connectivity index (χ0n) is 10.4. The second-order valence-electron chi connectivity index (χ2n) is 4.99. The molecule has 1 aliphatic rings. The Morgan fingerprint density at radius 1 is 1.44 bits per heavy atom. The summed E-state index contributed by atoms with van der Waals surface area (Å²) in [4.78, 5) is 2.36. The fourth-order valence-corrected chi connectivity index (χ4v) is 2.52. The minimum Gasteiger partial charge on any atom is -0.460 e. The molecule has 2 heterocycles. The molecule has 2 aromatic rings. The second kappa shape index (κ2) is 4.71. The topological polar surface area (TPSA) is 28.4 Å². The second-order valence-corrected chi connectivity index (χ2v) is 4.99. The molecule has 1 atom stereocenters. The predicted molar refractivity (Wildman–Crippen MR) is 68.9 cm³/mol. The summed E-state index contributed by atoms with van der Waals surface area (Å²) in [6, 6.07) is 7.09. The number of hydrogen-bond acceptors (Lipinski definition) is 3. The molecule has 3 rings (SSSR count). The van der Waals surface area contributed by atoms with Crippen LogP contribution in [-0.2, 0) is 6.54 Å². The van der Waals surface area contributed by atoms with Crippen molar-refractivity contribution in [2.45, 2.75) is 19.5 Å². The zero-order valence-corrected chi connectivity index (χ0v) is 10.4. The highest BCUT2D eigenvalue weighted by molar-refractivity contribution is 5.77. The zero-order chi connectivity index (χ0) is 12.5. The molecule has 1 saturated heterocycles. The van der Waals surface area contributed by atoms with Crippen LogP contribution >= 0.6 is 0 Å². The number of nitrogens with zero attached hydrogens (tertiary/aromatic N) is 1. The van der Waals surface area contributed by atoms with E-state index in [9.17, 15) is 4.39 Å². The lowest BCUT2D eigenvalue weighted by Crippen LogP contribution is -2.48. The Bertz CT molecular complexity index is 552. The van der Waals surface area contributed by atoms with Gasteiger partial charge in [0.15, 0.2) is 0 Å². The Labute approximate surface area is 106 Å². The number of benzene rings is 1. The van der Waals surface area contributed by atoms with Crippen molar-refractivity contribution < 1.29 is 8.81 Å². The van der Waals surface area contributed by atoms with Crippen molar-refractivity contribution in [3.05, 3.63) is 35.8 Å². The lowest BCUT2D eigenvalue weighted by molar-refractivity contribution is 0.188. The van der Waals surface area contributed by atoms with E-state index in [2.05, 4.69) is 17.1 Å². The number of hydrogen-bond donors (Lipinski definition) is 1. The molecule has 3 nitrogen and oxygen atoms in total. The summed E-state index contributed by atoms with van der Waals surface area (Å²) in [5, 5.41) is 4.25. The van der Waals surface area contributed by atoms with Gasteiger partial charge in [-0.15, -0.1) is 0 Å². The molecule has 4 heteroatoms. The quantitative estimate of drug-likeness (QED) is 0.884. The van der Waals surface area contributed by atoms with Gasteiger partial charge in [0, 0.05) is 31.1 Å². The number of nitrogens with one attached hydrogen (secondary N) is 1. The molecule has 96 valence electrons. The minimum atomic E-state index is -0.217. The third-order valence-corrected chi connectivity index (χ3v) is 3.36. The number of halogens is 1. The SMILES string of the molecule is C[C@@H]1CN(Cc2cc3cc(F)ccc3o2)CCN1. The average molecular weight is 248 g/mol. The van der Waals surface area contributed by atoms with Crippen molar-refractivity contribution in [1.29, 1.82) is 0 Å². The van der Waals surface area contributed by atoms with E-state index in [1.165, 1.54) is 12.1 Å². The van der Waals surface area contributed by atoms with E-state index in [0.717, 1.165) is 42.9 Å². The van der Waals surface area contributed by atoms with E-state index in [4.69, 9.17) is 4.42 Å². The van der Waals surface area contributed by atoms with Gasteiger partial charge < -0.3 is 9.73 Å². The first-order valence-electron chi connectivity index (χ1n) is 6.34. The predicted octanol–water partition coefficient (Wildman–Crippen LogP) is 2.37. The number of fused-ring (bicyclic) bond motifs is 1. The van der Waals surface area contributed by atoms with Crippen LogP contribution in [0, 0.1) is 5.82 Å². The van der Waals surface area contributed by atoms with Crippen LogP contribution in [0.1, 0.15) is 12.7 Å². The standard InChI is InChI=1S/C14H17FN2O/c1-10-8-17(5-4-16-10)9-13-7-11-6-12(15)2-3-14(11)18-13/h2-3,6-7,10,16H,4-5,8-9H2,1H3/t10-/m1/s1. The van der Waals surface area contributed by atoms with Crippen molar-refractivity contribution in [3.63, 3.8) is 0 Å². The first-order valence-corrected chi connectivity index (χ1v) is 6.34. The van der Waals surface area contributed by atoms with Crippen LogP contribution in [0.2, 0.25) is 0 Å². The molecule has 0 amide bonds. The summed E-state index contributed by atoms with van der Waals surface area (Å²) >= 11 is 0. The van der Waals surface area contributed by atoms with E-state index >= 15 is 0 Å². The number of furan rings is 1. The van der Waals surface area contributed by atoms with Gasteiger partial charge in [0.1, 0.15) is 17.2 Å². The van der Waals surface area contributed by atoms with Crippen LogP contribution in [0.15, 0.2) is 28.7 Å². The molecule has 1 N–H and O–H groups in total. The molecule has 0 saturated carbocycles. The minimum absolute atomic E-state index is 0.217. The third kappa shape index (κ3) is 2.40. The van der Waals surface area contributed by atoms with Crippen molar-refractivity contribution in [3.8, 4) is 0 Å². The first kappa shape index (κ1) is 11.7. The molecule has 0 unspecified atom stereocenters. The summed E-state index contributed by atoms with van der Waals surface area (Å²) in [6.45, 7) is 6.03. The fourth-order valence-electron chi connectivity index (χ4n) is 2.52. The molecule has 0 aliphatic carbocycles. The number of rotatable bonds is 2. The highest BCUT2D eigenvalue weighted by Crippen LogP contribution is 2.21. The highest BCUT2D eigenvalue weighted by Gasteiger charge is 2.17. The smallest absolute Gasteiger partial charge is 0.134 e. The average Bonchev–Trinajstić information content (AvgIpc) is 2.70. The van der Waals surface area contributed by atoms with E-state index in [1.54, 1.807) is 6.07 Å². The molecule has 18 heavy (non-hydrogen) atoms. The Morgan fingerprint density at radius 3 is 3.17 bits per heavy atom. The van der Waals surface area contributed by atoms with E-state index < -0.39 is 0 Å². The Balaban J connectivity index is 1.78. The van der Waals surface area contributed by atoms with E-state index in [1.807, 2.05) is 6.07 Å². The van der Waals surface area contributed by atoms with Gasteiger partial charge >= 0.3 is 0 Å². The third-order valence-electron chi connectivity index (χ3n) is 3.36. The Kier molecular flexibility index (Phi) is 3.06. The maximum atomic E-state index is 13.1. The fraction of sp³-hybridized carbons (Fsp3) is 0.429. The van der Waals surface area contributed by atoms with Crippen molar-refractivity contribution in [2.75, 3.05) is 19.6 Å². The van der Waals surface area contributed by atoms with Gasteiger partial charge in [0.2, 0.25) is 0 Å². The molecular formula is C14H17FN2O. The lowest BCUT2D eigenvalue weighted by atomic mass is 10.2. The van der Waals surface area contributed by atoms with Gasteiger partial charge in [-0.1, -0.05) is 0 Å². The lowest BCUT2D eigenvalue weighted by Gasteiger charge is -2.30. The normalized spacial score (nSPS) is 21.6. The van der Waals surface area contributed by atoms with Crippen LogP contribution in [0.4, 0.5) is 4.39 Å². The largest absolute Gasteiger partial charge is 0.460 e. The number of piperazine rings is 1. The van der Waals surface area contributed by atoms with Crippen LogP contribution in [0.25, 0.3) is 11.0 Å². The monoisotopic (exact) mass is 248 g/mol. The van der Waals surface area contributed by atoms with Gasteiger partial charge in [-0.25, -0.2) is 4.39 Å². The summed E-state index contributed by atoms with van der Waals surface area (Å²) < 4.78 is 18.8. The molecule has 1 fully saturated rings. The van der Waals surface area contributed by atoms with E-state index in [-0.39, 0.29) is 5.82 Å². The molecule has 0 spiro atoms. The summed E-state index contributed by atoms with van der Waals surface area (Å²) in [5.74, 6) is 0.690. The van der Waals surface area contributed by atoms with Crippen LogP contribution in [-0.4, -0.2) is 30.6 Å². The summed E-state index contributed by atoms with van der Waals surface area (Å²) in [5.41, 5.74) is 0.759. The maximum absolute atomic E-state index is 13.1. The molecular weight excluding hydrogens is 231 g/mol. The van der Waals surface area contributed by atoms with Gasteiger partial charge in [-0.2, -0.15) is 0 Å². The molecule has 0 bridgehead atoms. The van der Waals surface area contributed by atoms with Gasteiger partial charge in [0.25, 0.3) is 0 Å².